The number of fused-ring (bicyclic) bond motifs is 3. The van der Waals surface area contributed by atoms with Gasteiger partial charge >= 0.3 is 0 Å². The Hall–Kier alpha value is -3.20. The lowest BCUT2D eigenvalue weighted by Gasteiger charge is -2.13. The van der Waals surface area contributed by atoms with Gasteiger partial charge in [0.2, 0.25) is 11.7 Å². The molecule has 0 bridgehead atoms. The van der Waals surface area contributed by atoms with Crippen LogP contribution in [0.3, 0.4) is 0 Å². The second-order valence-electron chi connectivity index (χ2n) is 7.79. The molecule has 1 amide bonds. The van der Waals surface area contributed by atoms with Crippen molar-refractivity contribution in [2.75, 3.05) is 11.1 Å². The molecule has 0 radical (unpaired) electrons. The zero-order chi connectivity index (χ0) is 22.1. The second-order valence-corrected chi connectivity index (χ2v) is 8.73. The molecule has 0 aliphatic rings. The minimum atomic E-state index is -0.486. The van der Waals surface area contributed by atoms with E-state index < -0.39 is 5.82 Å². The molecule has 0 saturated heterocycles. The fourth-order valence-electron chi connectivity index (χ4n) is 3.35. The Bertz CT molecular complexity index is 1330. The summed E-state index contributed by atoms with van der Waals surface area (Å²) in [4.78, 5) is 25.4. The zero-order valence-electron chi connectivity index (χ0n) is 17.4. The average Bonchev–Trinajstić information content (AvgIpc) is 3.15. The summed E-state index contributed by atoms with van der Waals surface area (Å²) in [5.41, 5.74) is 2.02. The molecule has 7 nitrogen and oxygen atoms in total. The highest BCUT2D eigenvalue weighted by Crippen LogP contribution is 2.23. The Morgan fingerprint density at radius 2 is 1.90 bits per heavy atom. The number of aromatic nitrogens is 4. The SMILES string of the molecule is Cc1ccc(NC(=O)CSc2nnc3n(CC(C)C)c(=O)c4cc(F)ccc4n23)cc1. The molecule has 0 spiro atoms. The predicted molar refractivity (Wildman–Crippen MR) is 120 cm³/mol. The molecule has 0 saturated carbocycles. The summed E-state index contributed by atoms with van der Waals surface area (Å²) in [5, 5.41) is 12.0. The number of nitrogens with zero attached hydrogens (tertiary/aromatic N) is 4. The van der Waals surface area contributed by atoms with Crippen LogP contribution < -0.4 is 10.9 Å². The quantitative estimate of drug-likeness (QED) is 0.461. The molecule has 9 heteroatoms. The first-order valence-electron chi connectivity index (χ1n) is 9.90. The summed E-state index contributed by atoms with van der Waals surface area (Å²) >= 11 is 1.21. The van der Waals surface area contributed by atoms with Crippen molar-refractivity contribution in [1.82, 2.24) is 19.2 Å². The smallest absolute Gasteiger partial charge is 0.262 e. The highest BCUT2D eigenvalue weighted by atomic mass is 32.2. The number of amides is 1. The fraction of sp³-hybridized carbons (Fsp3) is 0.273. The summed E-state index contributed by atoms with van der Waals surface area (Å²) in [7, 11) is 0. The van der Waals surface area contributed by atoms with Crippen molar-refractivity contribution in [2.24, 2.45) is 5.92 Å². The molecule has 2 aromatic carbocycles. The third-order valence-corrected chi connectivity index (χ3v) is 5.68. The highest BCUT2D eigenvalue weighted by Gasteiger charge is 2.18. The van der Waals surface area contributed by atoms with E-state index in [1.165, 1.54) is 28.5 Å². The number of carbonyl (C=O) groups is 1. The maximum Gasteiger partial charge on any atom is 0.262 e. The molecule has 1 N–H and O–H groups in total. The van der Waals surface area contributed by atoms with Gasteiger partial charge in [0.15, 0.2) is 5.16 Å². The molecular formula is C22H22FN5O2S. The molecule has 4 rings (SSSR count). The summed E-state index contributed by atoms with van der Waals surface area (Å²) in [6.45, 7) is 6.37. The largest absolute Gasteiger partial charge is 0.325 e. The number of nitrogens with one attached hydrogen (secondary N) is 1. The number of anilines is 1. The van der Waals surface area contributed by atoms with E-state index in [0.717, 1.165) is 5.56 Å². The van der Waals surface area contributed by atoms with Crippen LogP contribution in [0.2, 0.25) is 0 Å². The number of hydrogen-bond donors (Lipinski definition) is 1. The zero-order valence-corrected chi connectivity index (χ0v) is 18.2. The van der Waals surface area contributed by atoms with Gasteiger partial charge in [0.1, 0.15) is 5.82 Å². The monoisotopic (exact) mass is 439 g/mol. The fourth-order valence-corrected chi connectivity index (χ4v) is 4.09. The van der Waals surface area contributed by atoms with Gasteiger partial charge in [-0.1, -0.05) is 43.3 Å². The number of thioether (sulfide) groups is 1. The average molecular weight is 440 g/mol. The van der Waals surface area contributed by atoms with Crippen LogP contribution in [-0.4, -0.2) is 30.8 Å². The lowest BCUT2D eigenvalue weighted by atomic mass is 10.2. The molecule has 0 aliphatic carbocycles. The second kappa shape index (κ2) is 8.50. The molecule has 0 atom stereocenters. The van der Waals surface area contributed by atoms with Crippen molar-refractivity contribution in [3.05, 3.63) is 64.2 Å². The van der Waals surface area contributed by atoms with Gasteiger partial charge in [-0.05, 0) is 43.2 Å². The third-order valence-electron chi connectivity index (χ3n) is 4.75. The Morgan fingerprint density at radius 1 is 1.16 bits per heavy atom. The van der Waals surface area contributed by atoms with Gasteiger partial charge in [-0.15, -0.1) is 10.2 Å². The van der Waals surface area contributed by atoms with Crippen LogP contribution in [0.25, 0.3) is 16.7 Å². The number of benzene rings is 2. The molecule has 4 aromatic rings. The molecule has 0 aliphatic heterocycles. The Kier molecular flexibility index (Phi) is 5.77. The van der Waals surface area contributed by atoms with Crippen LogP contribution >= 0.6 is 11.8 Å². The van der Waals surface area contributed by atoms with Gasteiger partial charge < -0.3 is 5.32 Å². The van der Waals surface area contributed by atoms with Crippen molar-refractivity contribution in [3.8, 4) is 0 Å². The molecule has 2 heterocycles. The van der Waals surface area contributed by atoms with E-state index in [4.69, 9.17) is 0 Å². The lowest BCUT2D eigenvalue weighted by molar-refractivity contribution is -0.113. The minimum absolute atomic E-state index is 0.112. The van der Waals surface area contributed by atoms with Crippen molar-refractivity contribution in [3.63, 3.8) is 0 Å². The maximum absolute atomic E-state index is 13.9. The van der Waals surface area contributed by atoms with Crippen molar-refractivity contribution in [1.29, 1.82) is 0 Å². The number of rotatable bonds is 6. The van der Waals surface area contributed by atoms with Crippen molar-refractivity contribution < 1.29 is 9.18 Å². The van der Waals surface area contributed by atoms with Crippen LogP contribution in [0, 0.1) is 18.7 Å². The van der Waals surface area contributed by atoms with Gasteiger partial charge in [0, 0.05) is 12.2 Å². The maximum atomic E-state index is 13.9. The van der Waals surface area contributed by atoms with Gasteiger partial charge in [-0.3, -0.25) is 18.6 Å². The van der Waals surface area contributed by atoms with Crippen LogP contribution in [0.5, 0.6) is 0 Å². The highest BCUT2D eigenvalue weighted by molar-refractivity contribution is 7.99. The first-order valence-corrected chi connectivity index (χ1v) is 10.9. The van der Waals surface area contributed by atoms with Crippen LogP contribution in [0.1, 0.15) is 19.4 Å². The van der Waals surface area contributed by atoms with Crippen LogP contribution in [0.15, 0.2) is 52.4 Å². The van der Waals surface area contributed by atoms with Gasteiger partial charge in [-0.2, -0.15) is 0 Å². The number of hydrogen-bond acceptors (Lipinski definition) is 5. The number of halogens is 1. The van der Waals surface area contributed by atoms with E-state index in [9.17, 15) is 14.0 Å². The van der Waals surface area contributed by atoms with E-state index in [0.29, 0.717) is 28.7 Å². The Labute approximate surface area is 182 Å². The van der Waals surface area contributed by atoms with Crippen LogP contribution in [0.4, 0.5) is 10.1 Å². The molecule has 160 valence electrons. The number of aryl methyl sites for hydroxylation is 1. The summed E-state index contributed by atoms with van der Waals surface area (Å²) in [5.74, 6) is -0.00295. The van der Waals surface area contributed by atoms with Gasteiger partial charge in [0.05, 0.1) is 16.7 Å². The standard InChI is InChI=1S/C22H22FN5O2S/c1-13(2)11-27-20(30)17-10-15(23)6-9-18(17)28-21(27)25-26-22(28)31-12-19(29)24-16-7-4-14(3)5-8-16/h4-10,13H,11-12H2,1-3H3,(H,24,29). The van der Waals surface area contributed by atoms with Gasteiger partial charge in [0.25, 0.3) is 5.56 Å². The van der Waals surface area contributed by atoms with Crippen molar-refractivity contribution >= 4 is 40.0 Å². The van der Waals surface area contributed by atoms with E-state index >= 15 is 0 Å². The first kappa shape index (κ1) is 21.0. The first-order chi connectivity index (χ1) is 14.8. The molecule has 31 heavy (non-hydrogen) atoms. The van der Waals surface area contributed by atoms with Gasteiger partial charge in [-0.25, -0.2) is 4.39 Å². The van der Waals surface area contributed by atoms with Crippen molar-refractivity contribution in [2.45, 2.75) is 32.5 Å². The minimum Gasteiger partial charge on any atom is -0.325 e. The molecule has 2 aromatic heterocycles. The Morgan fingerprint density at radius 3 is 2.61 bits per heavy atom. The topological polar surface area (TPSA) is 81.3 Å². The summed E-state index contributed by atoms with van der Waals surface area (Å²) < 4.78 is 17.1. The summed E-state index contributed by atoms with van der Waals surface area (Å²) in [6, 6.07) is 11.6. The number of carbonyl (C=O) groups excluding carboxylic acids is 1. The normalized spacial score (nSPS) is 11.5. The molecular weight excluding hydrogens is 417 g/mol. The molecule has 0 fully saturated rings. The van der Waals surface area contributed by atoms with E-state index in [2.05, 4.69) is 15.5 Å². The lowest BCUT2D eigenvalue weighted by Crippen LogP contribution is -2.25. The van der Waals surface area contributed by atoms with Crippen LogP contribution in [-0.2, 0) is 11.3 Å². The van der Waals surface area contributed by atoms with E-state index in [-0.39, 0.29) is 28.5 Å². The van der Waals surface area contributed by atoms with E-state index in [1.807, 2.05) is 45.0 Å². The Balaban J connectivity index is 1.69. The van der Waals surface area contributed by atoms with E-state index in [1.54, 1.807) is 10.5 Å². The molecule has 0 unspecified atom stereocenters. The predicted octanol–water partition coefficient (Wildman–Crippen LogP) is 3.88. The summed E-state index contributed by atoms with van der Waals surface area (Å²) in [6.07, 6.45) is 0. The third kappa shape index (κ3) is 4.32.